The molecule has 0 aliphatic carbocycles. The lowest BCUT2D eigenvalue weighted by Gasteiger charge is -2.23. The first-order valence-electron chi connectivity index (χ1n) is 8.43. The summed E-state index contributed by atoms with van der Waals surface area (Å²) < 4.78 is 0. The molecule has 1 aliphatic rings. The van der Waals surface area contributed by atoms with Gasteiger partial charge in [-0.15, -0.1) is 11.3 Å². The first-order valence-corrected chi connectivity index (χ1v) is 9.62. The first kappa shape index (κ1) is 17.7. The van der Waals surface area contributed by atoms with Gasteiger partial charge in [0.05, 0.1) is 9.88 Å². The molecule has 0 saturated heterocycles. The number of thiophene rings is 1. The molecule has 3 heterocycles. The molecule has 2 N–H and O–H groups in total. The van der Waals surface area contributed by atoms with Crippen LogP contribution < -0.4 is 10.6 Å². The predicted octanol–water partition coefficient (Wildman–Crippen LogP) is 4.83. The Morgan fingerprint density at radius 3 is 2.78 bits per heavy atom. The standard InChI is InChI=1S/C20H16ClN3O2S/c1-11-17-15(12-3-2-8-22-10-12)9-16(25)24-20(17)27-18(11)19(26)23-14-6-4-13(21)5-7-14/h2-8,10,15H,9H2,1H3,(H,23,26)(H,24,25)/t15-/m1/s1. The SMILES string of the molecule is Cc1c(C(=O)Nc2ccc(Cl)cc2)sc2c1[C@@H](c1cccnc1)CC(=O)N2. The van der Waals surface area contributed by atoms with E-state index in [1.807, 2.05) is 19.1 Å². The van der Waals surface area contributed by atoms with Gasteiger partial charge in [0, 0.05) is 35.4 Å². The maximum absolute atomic E-state index is 12.8. The number of fused-ring (bicyclic) bond motifs is 1. The van der Waals surface area contributed by atoms with E-state index in [9.17, 15) is 9.59 Å². The molecule has 4 rings (SSSR count). The Bertz CT molecular complexity index is 1020. The molecule has 5 nitrogen and oxygen atoms in total. The number of hydrogen-bond acceptors (Lipinski definition) is 4. The van der Waals surface area contributed by atoms with Crippen molar-refractivity contribution in [2.75, 3.05) is 10.6 Å². The number of halogens is 1. The van der Waals surface area contributed by atoms with Gasteiger partial charge in [0.2, 0.25) is 5.91 Å². The van der Waals surface area contributed by atoms with E-state index in [-0.39, 0.29) is 17.7 Å². The molecule has 3 aromatic rings. The summed E-state index contributed by atoms with van der Waals surface area (Å²) in [4.78, 5) is 29.8. The summed E-state index contributed by atoms with van der Waals surface area (Å²) in [7, 11) is 0. The molecule has 2 aromatic heterocycles. The smallest absolute Gasteiger partial charge is 0.266 e. The average Bonchev–Trinajstić information content (AvgIpc) is 3.00. The van der Waals surface area contributed by atoms with E-state index < -0.39 is 0 Å². The van der Waals surface area contributed by atoms with Crippen LogP contribution in [-0.4, -0.2) is 16.8 Å². The normalized spacial score (nSPS) is 15.8. The third kappa shape index (κ3) is 3.46. The molecule has 1 aromatic carbocycles. The van der Waals surface area contributed by atoms with Gasteiger partial charge in [-0.2, -0.15) is 0 Å². The van der Waals surface area contributed by atoms with E-state index in [4.69, 9.17) is 11.6 Å². The fourth-order valence-corrected chi connectivity index (χ4v) is 4.62. The van der Waals surface area contributed by atoms with Gasteiger partial charge < -0.3 is 10.6 Å². The number of pyridine rings is 1. The summed E-state index contributed by atoms with van der Waals surface area (Å²) in [6.45, 7) is 1.92. The van der Waals surface area contributed by atoms with Crippen LogP contribution in [0.15, 0.2) is 48.8 Å². The van der Waals surface area contributed by atoms with Crippen molar-refractivity contribution in [2.45, 2.75) is 19.3 Å². The lowest BCUT2D eigenvalue weighted by atomic mass is 9.85. The number of amides is 2. The highest BCUT2D eigenvalue weighted by molar-refractivity contribution is 7.18. The Balaban J connectivity index is 1.69. The Kier molecular flexibility index (Phi) is 4.68. The minimum Gasteiger partial charge on any atom is -0.321 e. The van der Waals surface area contributed by atoms with Gasteiger partial charge in [-0.25, -0.2) is 0 Å². The zero-order valence-electron chi connectivity index (χ0n) is 14.5. The maximum Gasteiger partial charge on any atom is 0.266 e. The number of carbonyl (C=O) groups excluding carboxylic acids is 2. The highest BCUT2D eigenvalue weighted by Crippen LogP contribution is 2.45. The summed E-state index contributed by atoms with van der Waals surface area (Å²) in [5.74, 6) is -0.355. The second-order valence-electron chi connectivity index (χ2n) is 6.35. The van der Waals surface area contributed by atoms with Gasteiger partial charge in [-0.3, -0.25) is 14.6 Å². The molecule has 0 radical (unpaired) electrons. The van der Waals surface area contributed by atoms with Crippen molar-refractivity contribution in [1.29, 1.82) is 0 Å². The number of aromatic nitrogens is 1. The first-order chi connectivity index (χ1) is 13.0. The van der Waals surface area contributed by atoms with Crippen molar-refractivity contribution in [3.63, 3.8) is 0 Å². The largest absolute Gasteiger partial charge is 0.321 e. The van der Waals surface area contributed by atoms with Crippen molar-refractivity contribution < 1.29 is 9.59 Å². The zero-order valence-corrected chi connectivity index (χ0v) is 16.0. The van der Waals surface area contributed by atoms with E-state index in [0.717, 1.165) is 21.7 Å². The van der Waals surface area contributed by atoms with Crippen LogP contribution in [0.1, 0.15) is 38.7 Å². The molecule has 136 valence electrons. The highest BCUT2D eigenvalue weighted by atomic mass is 35.5. The van der Waals surface area contributed by atoms with Crippen LogP contribution in [0, 0.1) is 6.92 Å². The van der Waals surface area contributed by atoms with Gasteiger partial charge in [0.15, 0.2) is 0 Å². The molecule has 2 amide bonds. The number of carbonyl (C=O) groups is 2. The minimum atomic E-state index is -0.201. The molecule has 0 saturated carbocycles. The van der Waals surface area contributed by atoms with Crippen molar-refractivity contribution in [3.8, 4) is 0 Å². The number of anilines is 2. The number of rotatable bonds is 3. The summed E-state index contributed by atoms with van der Waals surface area (Å²) in [6.07, 6.45) is 3.82. The monoisotopic (exact) mass is 397 g/mol. The van der Waals surface area contributed by atoms with E-state index in [1.165, 1.54) is 11.3 Å². The van der Waals surface area contributed by atoms with Crippen LogP contribution in [0.25, 0.3) is 0 Å². The predicted molar refractivity (Wildman–Crippen MR) is 108 cm³/mol. The van der Waals surface area contributed by atoms with E-state index in [0.29, 0.717) is 22.0 Å². The molecule has 7 heteroatoms. The molecule has 0 unspecified atom stereocenters. The zero-order chi connectivity index (χ0) is 19.0. The topological polar surface area (TPSA) is 71.1 Å². The fourth-order valence-electron chi connectivity index (χ4n) is 3.31. The third-order valence-electron chi connectivity index (χ3n) is 4.58. The Morgan fingerprint density at radius 2 is 2.07 bits per heavy atom. The molecule has 27 heavy (non-hydrogen) atoms. The molecule has 1 aliphatic heterocycles. The van der Waals surface area contributed by atoms with Crippen LogP contribution >= 0.6 is 22.9 Å². The fraction of sp³-hybridized carbons (Fsp3) is 0.150. The lowest BCUT2D eigenvalue weighted by molar-refractivity contribution is -0.116. The van der Waals surface area contributed by atoms with Crippen LogP contribution in [0.4, 0.5) is 10.7 Å². The van der Waals surface area contributed by atoms with Gasteiger partial charge in [-0.1, -0.05) is 17.7 Å². The lowest BCUT2D eigenvalue weighted by Crippen LogP contribution is -2.22. The Morgan fingerprint density at radius 1 is 1.30 bits per heavy atom. The van der Waals surface area contributed by atoms with Crippen LogP contribution in [-0.2, 0) is 4.79 Å². The quantitative estimate of drug-likeness (QED) is 0.664. The van der Waals surface area contributed by atoms with Gasteiger partial charge in [0.25, 0.3) is 5.91 Å². The molecule has 0 spiro atoms. The van der Waals surface area contributed by atoms with Gasteiger partial charge in [-0.05, 0) is 53.9 Å². The van der Waals surface area contributed by atoms with Crippen molar-refractivity contribution in [3.05, 3.63) is 75.4 Å². The molecule has 0 fully saturated rings. The van der Waals surface area contributed by atoms with Crippen molar-refractivity contribution in [1.82, 2.24) is 4.98 Å². The van der Waals surface area contributed by atoms with E-state index in [1.54, 1.807) is 36.7 Å². The molecular formula is C20H16ClN3O2S. The second kappa shape index (κ2) is 7.13. The average molecular weight is 398 g/mol. The van der Waals surface area contributed by atoms with E-state index >= 15 is 0 Å². The van der Waals surface area contributed by atoms with Crippen LogP contribution in [0.5, 0.6) is 0 Å². The molecule has 0 bridgehead atoms. The molecular weight excluding hydrogens is 382 g/mol. The highest BCUT2D eigenvalue weighted by Gasteiger charge is 2.32. The van der Waals surface area contributed by atoms with Crippen LogP contribution in [0.2, 0.25) is 5.02 Å². The second-order valence-corrected chi connectivity index (χ2v) is 7.81. The van der Waals surface area contributed by atoms with Gasteiger partial charge >= 0.3 is 0 Å². The third-order valence-corrected chi connectivity index (χ3v) is 6.05. The summed E-state index contributed by atoms with van der Waals surface area (Å²) in [5, 5.41) is 7.14. The maximum atomic E-state index is 12.8. The van der Waals surface area contributed by atoms with Gasteiger partial charge in [0.1, 0.15) is 0 Å². The number of benzene rings is 1. The summed E-state index contributed by atoms with van der Waals surface area (Å²) in [6, 6.07) is 10.8. The number of nitrogens with zero attached hydrogens (tertiary/aromatic N) is 1. The molecule has 1 atom stereocenters. The minimum absolute atomic E-state index is 0.0535. The number of hydrogen-bond donors (Lipinski definition) is 2. The number of nitrogens with one attached hydrogen (secondary N) is 2. The Labute approximate surface area is 165 Å². The van der Waals surface area contributed by atoms with Crippen molar-refractivity contribution >= 4 is 45.4 Å². The summed E-state index contributed by atoms with van der Waals surface area (Å²) in [5.41, 5.74) is 3.52. The van der Waals surface area contributed by atoms with E-state index in [2.05, 4.69) is 15.6 Å². The summed E-state index contributed by atoms with van der Waals surface area (Å²) >= 11 is 7.20. The van der Waals surface area contributed by atoms with Crippen molar-refractivity contribution in [2.24, 2.45) is 0 Å². The van der Waals surface area contributed by atoms with Crippen LogP contribution in [0.3, 0.4) is 0 Å². The Hall–Kier alpha value is -2.70.